The van der Waals surface area contributed by atoms with E-state index in [9.17, 15) is 9.59 Å². The topological polar surface area (TPSA) is 63.0 Å². The van der Waals surface area contributed by atoms with Crippen LogP contribution in [0.4, 0.5) is 5.69 Å². The van der Waals surface area contributed by atoms with Crippen molar-refractivity contribution in [1.82, 2.24) is 4.90 Å². The molecule has 1 saturated carbocycles. The maximum Gasteiger partial charge on any atom is 0.268 e. The molecule has 1 aliphatic heterocycles. The molecule has 1 aromatic carbocycles. The molecule has 6 heteroatoms. The van der Waals surface area contributed by atoms with Crippen molar-refractivity contribution in [3.63, 3.8) is 0 Å². The van der Waals surface area contributed by atoms with Gasteiger partial charge in [0.05, 0.1) is 12.2 Å². The standard InChI is InChI=1S/C24H30N2O4/c1-4-21-24(28)26(20-13-16(2)9-12-22(20)30-21)15-23(27)25(18-7-5-6-8-18)14-19-11-10-17(3)29-19/h9-13,18,21H,4-8,14-15H2,1-3H3/t21-/m1/s1. The number of carbonyl (C=O) groups is 2. The Kier molecular flexibility index (Phi) is 5.84. The Hall–Kier alpha value is -2.76. The van der Waals surface area contributed by atoms with Gasteiger partial charge in [-0.3, -0.25) is 14.5 Å². The highest BCUT2D eigenvalue weighted by atomic mass is 16.5. The maximum atomic E-state index is 13.5. The number of rotatable bonds is 6. The summed E-state index contributed by atoms with van der Waals surface area (Å²) in [5, 5.41) is 0. The summed E-state index contributed by atoms with van der Waals surface area (Å²) < 4.78 is 11.6. The zero-order chi connectivity index (χ0) is 21.3. The average molecular weight is 411 g/mol. The lowest BCUT2D eigenvalue weighted by molar-refractivity contribution is -0.135. The number of amides is 2. The van der Waals surface area contributed by atoms with E-state index in [0.717, 1.165) is 42.8 Å². The molecule has 2 heterocycles. The fourth-order valence-corrected chi connectivity index (χ4v) is 4.46. The van der Waals surface area contributed by atoms with Gasteiger partial charge in [-0.2, -0.15) is 0 Å². The third-order valence-electron chi connectivity index (χ3n) is 6.09. The minimum Gasteiger partial charge on any atom is -0.478 e. The maximum absolute atomic E-state index is 13.5. The van der Waals surface area contributed by atoms with E-state index in [4.69, 9.17) is 9.15 Å². The molecule has 0 N–H and O–H groups in total. The molecule has 1 aliphatic carbocycles. The summed E-state index contributed by atoms with van der Waals surface area (Å²) in [5.74, 6) is 2.08. The third kappa shape index (κ3) is 4.09. The van der Waals surface area contributed by atoms with Gasteiger partial charge in [0.2, 0.25) is 5.91 Å². The van der Waals surface area contributed by atoms with Crippen LogP contribution in [-0.2, 0) is 16.1 Å². The molecule has 2 aliphatic rings. The van der Waals surface area contributed by atoms with Gasteiger partial charge in [0, 0.05) is 6.04 Å². The summed E-state index contributed by atoms with van der Waals surface area (Å²) >= 11 is 0. The number of anilines is 1. The first kappa shape index (κ1) is 20.5. The van der Waals surface area contributed by atoms with Crippen LogP contribution in [0.3, 0.4) is 0 Å². The summed E-state index contributed by atoms with van der Waals surface area (Å²) in [7, 11) is 0. The lowest BCUT2D eigenvalue weighted by atomic mass is 10.1. The first-order valence-corrected chi connectivity index (χ1v) is 10.9. The lowest BCUT2D eigenvalue weighted by Gasteiger charge is -2.36. The Bertz CT molecular complexity index is 929. The van der Waals surface area contributed by atoms with Crippen molar-refractivity contribution in [3.8, 4) is 5.75 Å². The zero-order valence-corrected chi connectivity index (χ0v) is 18.0. The molecule has 0 unspecified atom stereocenters. The number of carbonyl (C=O) groups excluding carboxylic acids is 2. The summed E-state index contributed by atoms with van der Waals surface area (Å²) in [4.78, 5) is 30.1. The van der Waals surface area contributed by atoms with Crippen molar-refractivity contribution in [2.24, 2.45) is 0 Å². The highest BCUT2D eigenvalue weighted by molar-refractivity contribution is 6.04. The summed E-state index contributed by atoms with van der Waals surface area (Å²) in [6, 6.07) is 9.81. The predicted octanol–water partition coefficient (Wildman–Crippen LogP) is 4.37. The summed E-state index contributed by atoms with van der Waals surface area (Å²) in [6.07, 6.45) is 4.26. The quantitative estimate of drug-likeness (QED) is 0.709. The number of aryl methyl sites for hydroxylation is 2. The van der Waals surface area contributed by atoms with Crippen LogP contribution in [0, 0.1) is 13.8 Å². The molecule has 2 amide bonds. The number of nitrogens with zero attached hydrogens (tertiary/aromatic N) is 2. The second-order valence-electron chi connectivity index (χ2n) is 8.38. The molecule has 4 rings (SSSR count). The fourth-order valence-electron chi connectivity index (χ4n) is 4.46. The van der Waals surface area contributed by atoms with E-state index in [-0.39, 0.29) is 24.4 Å². The Morgan fingerprint density at radius 3 is 2.60 bits per heavy atom. The molecule has 0 spiro atoms. The van der Waals surface area contributed by atoms with Crippen LogP contribution in [0.1, 0.15) is 56.1 Å². The highest BCUT2D eigenvalue weighted by Gasteiger charge is 2.36. The molecular weight excluding hydrogens is 380 g/mol. The Balaban J connectivity index is 1.60. The SMILES string of the molecule is CC[C@H]1Oc2ccc(C)cc2N(CC(=O)N(Cc2ccc(C)o2)C2CCCC2)C1=O. The van der Waals surface area contributed by atoms with Crippen LogP contribution in [-0.4, -0.2) is 35.4 Å². The number of fused-ring (bicyclic) bond motifs is 1. The van der Waals surface area contributed by atoms with Gasteiger partial charge in [-0.1, -0.05) is 25.8 Å². The van der Waals surface area contributed by atoms with Gasteiger partial charge in [-0.25, -0.2) is 0 Å². The molecule has 1 aromatic heterocycles. The van der Waals surface area contributed by atoms with Gasteiger partial charge in [0.15, 0.2) is 6.10 Å². The number of hydrogen-bond donors (Lipinski definition) is 0. The van der Waals surface area contributed by atoms with E-state index in [1.807, 2.05) is 56.0 Å². The van der Waals surface area contributed by atoms with Gasteiger partial charge in [-0.15, -0.1) is 0 Å². The van der Waals surface area contributed by atoms with Gasteiger partial charge in [0.1, 0.15) is 23.8 Å². The number of hydrogen-bond acceptors (Lipinski definition) is 4. The van der Waals surface area contributed by atoms with Crippen LogP contribution in [0.2, 0.25) is 0 Å². The average Bonchev–Trinajstić information content (AvgIpc) is 3.40. The Morgan fingerprint density at radius 1 is 1.17 bits per heavy atom. The van der Waals surface area contributed by atoms with Gasteiger partial charge in [0.25, 0.3) is 5.91 Å². The number of benzene rings is 1. The van der Waals surface area contributed by atoms with E-state index < -0.39 is 6.10 Å². The molecule has 0 radical (unpaired) electrons. The molecular formula is C24H30N2O4. The van der Waals surface area contributed by atoms with E-state index >= 15 is 0 Å². The van der Waals surface area contributed by atoms with E-state index in [1.54, 1.807) is 4.90 Å². The molecule has 0 bridgehead atoms. The lowest BCUT2D eigenvalue weighted by Crippen LogP contribution is -2.51. The monoisotopic (exact) mass is 410 g/mol. The Morgan fingerprint density at radius 2 is 1.93 bits per heavy atom. The molecule has 1 fully saturated rings. The van der Waals surface area contributed by atoms with Crippen molar-refractivity contribution < 1.29 is 18.7 Å². The van der Waals surface area contributed by atoms with Crippen molar-refractivity contribution in [1.29, 1.82) is 0 Å². The van der Waals surface area contributed by atoms with Gasteiger partial charge in [-0.05, 0) is 62.9 Å². The van der Waals surface area contributed by atoms with Crippen molar-refractivity contribution in [2.75, 3.05) is 11.4 Å². The van der Waals surface area contributed by atoms with Crippen molar-refractivity contribution >= 4 is 17.5 Å². The number of furan rings is 1. The minimum atomic E-state index is -0.555. The van der Waals surface area contributed by atoms with Crippen LogP contribution in [0.5, 0.6) is 5.75 Å². The second-order valence-corrected chi connectivity index (χ2v) is 8.38. The summed E-state index contributed by atoms with van der Waals surface area (Å²) in [6.45, 7) is 6.26. The van der Waals surface area contributed by atoms with Crippen LogP contribution in [0.15, 0.2) is 34.7 Å². The molecule has 6 nitrogen and oxygen atoms in total. The predicted molar refractivity (Wildman–Crippen MR) is 114 cm³/mol. The van der Waals surface area contributed by atoms with E-state index in [0.29, 0.717) is 24.4 Å². The largest absolute Gasteiger partial charge is 0.478 e. The molecule has 30 heavy (non-hydrogen) atoms. The van der Waals surface area contributed by atoms with E-state index in [2.05, 4.69) is 0 Å². The van der Waals surface area contributed by atoms with Crippen LogP contribution >= 0.6 is 0 Å². The second kappa shape index (κ2) is 8.54. The molecule has 0 saturated heterocycles. The molecule has 1 atom stereocenters. The molecule has 2 aromatic rings. The zero-order valence-electron chi connectivity index (χ0n) is 18.0. The van der Waals surface area contributed by atoms with Crippen molar-refractivity contribution in [3.05, 3.63) is 47.4 Å². The van der Waals surface area contributed by atoms with E-state index in [1.165, 1.54) is 0 Å². The Labute approximate surface area is 177 Å². The fraction of sp³-hybridized carbons (Fsp3) is 0.500. The smallest absolute Gasteiger partial charge is 0.268 e. The van der Waals surface area contributed by atoms with Gasteiger partial charge < -0.3 is 14.1 Å². The van der Waals surface area contributed by atoms with Crippen LogP contribution < -0.4 is 9.64 Å². The minimum absolute atomic E-state index is 0.0192. The van der Waals surface area contributed by atoms with Crippen molar-refractivity contribution in [2.45, 2.75) is 71.6 Å². The molecule has 160 valence electrons. The highest BCUT2D eigenvalue weighted by Crippen LogP contribution is 2.36. The first-order chi connectivity index (χ1) is 14.5. The van der Waals surface area contributed by atoms with Gasteiger partial charge >= 0.3 is 0 Å². The summed E-state index contributed by atoms with van der Waals surface area (Å²) in [5.41, 5.74) is 1.70. The normalized spacial score (nSPS) is 19.0. The first-order valence-electron chi connectivity index (χ1n) is 10.9. The number of ether oxygens (including phenoxy) is 1. The van der Waals surface area contributed by atoms with Crippen LogP contribution in [0.25, 0.3) is 0 Å². The third-order valence-corrected chi connectivity index (χ3v) is 6.09.